The van der Waals surface area contributed by atoms with Gasteiger partial charge in [0.1, 0.15) is 5.56 Å². The van der Waals surface area contributed by atoms with Crippen molar-refractivity contribution in [3.8, 4) is 5.75 Å². The van der Waals surface area contributed by atoms with Gasteiger partial charge in [-0.3, -0.25) is 0 Å². The summed E-state index contributed by atoms with van der Waals surface area (Å²) in [6.45, 7) is -3.15. The van der Waals surface area contributed by atoms with Crippen molar-refractivity contribution in [3.05, 3.63) is 27.7 Å². The van der Waals surface area contributed by atoms with E-state index in [9.17, 15) is 13.6 Å². The minimum absolute atomic E-state index is 0.0269. The van der Waals surface area contributed by atoms with Crippen LogP contribution in [0.5, 0.6) is 5.75 Å². The molecule has 0 amide bonds. The maximum absolute atomic E-state index is 11.9. The molecule has 1 N–H and O–H groups in total. The number of halogens is 4. The molecule has 3 nitrogen and oxygen atoms in total. The largest absolute Gasteiger partial charge is 0.478 e. The van der Waals surface area contributed by atoms with Crippen molar-refractivity contribution in [2.24, 2.45) is 0 Å². The lowest BCUT2D eigenvalue weighted by Gasteiger charge is -2.09. The molecule has 0 bridgehead atoms. The second-order valence-corrected chi connectivity index (χ2v) is 3.29. The third-order valence-corrected chi connectivity index (χ3v) is 1.94. The Labute approximate surface area is 93.2 Å². The number of aromatic carboxylic acids is 1. The molecule has 1 rings (SSSR count). The lowest BCUT2D eigenvalue weighted by atomic mass is 10.2. The van der Waals surface area contributed by atoms with Gasteiger partial charge in [0.25, 0.3) is 0 Å². The fraction of sp³-hybridized carbons (Fsp3) is 0.125. The van der Waals surface area contributed by atoms with Crippen molar-refractivity contribution in [1.29, 1.82) is 0 Å². The van der Waals surface area contributed by atoms with Gasteiger partial charge in [-0.1, -0.05) is 23.2 Å². The molecule has 1 aromatic rings. The molecular formula is C8H4Cl2F2O3. The van der Waals surface area contributed by atoms with Crippen LogP contribution in [0.15, 0.2) is 12.1 Å². The number of hydrogen-bond acceptors (Lipinski definition) is 2. The van der Waals surface area contributed by atoms with Gasteiger partial charge in [-0.05, 0) is 12.1 Å². The molecule has 1 aromatic carbocycles. The highest BCUT2D eigenvalue weighted by Gasteiger charge is 2.19. The molecule has 0 aliphatic rings. The van der Waals surface area contributed by atoms with Gasteiger partial charge in [-0.15, -0.1) is 0 Å². The van der Waals surface area contributed by atoms with Crippen LogP contribution in [0, 0.1) is 0 Å². The first kappa shape index (κ1) is 12.0. The molecule has 0 aliphatic heterocycles. The Balaban J connectivity index is 3.27. The molecule has 0 aliphatic carbocycles. The number of alkyl halides is 2. The van der Waals surface area contributed by atoms with Crippen molar-refractivity contribution < 1.29 is 23.4 Å². The number of carboxylic acids is 1. The SMILES string of the molecule is O=C(O)c1cc(Cl)cc(Cl)c1OC(F)F. The molecule has 0 fully saturated rings. The average molecular weight is 257 g/mol. The Morgan fingerprint density at radius 2 is 2.00 bits per heavy atom. The Morgan fingerprint density at radius 1 is 1.40 bits per heavy atom. The first-order valence-electron chi connectivity index (χ1n) is 3.59. The van der Waals surface area contributed by atoms with Gasteiger partial charge >= 0.3 is 12.6 Å². The van der Waals surface area contributed by atoms with E-state index in [0.717, 1.165) is 12.1 Å². The summed E-state index contributed by atoms with van der Waals surface area (Å²) in [4.78, 5) is 10.7. The molecule has 0 radical (unpaired) electrons. The van der Waals surface area contributed by atoms with Crippen molar-refractivity contribution >= 4 is 29.2 Å². The van der Waals surface area contributed by atoms with E-state index in [1.54, 1.807) is 0 Å². The number of rotatable bonds is 3. The summed E-state index contributed by atoms with van der Waals surface area (Å²) in [5.41, 5.74) is -0.507. The standard InChI is InChI=1S/C8H4Cl2F2O3/c9-3-1-4(7(13)14)6(5(10)2-3)15-8(11)12/h1-2,8H,(H,13,14). The van der Waals surface area contributed by atoms with Gasteiger partial charge < -0.3 is 9.84 Å². The minimum Gasteiger partial charge on any atom is -0.478 e. The summed E-state index contributed by atoms with van der Waals surface area (Å²) in [5, 5.41) is 8.43. The highest BCUT2D eigenvalue weighted by molar-refractivity contribution is 6.36. The quantitative estimate of drug-likeness (QED) is 0.903. The van der Waals surface area contributed by atoms with Crippen molar-refractivity contribution in [3.63, 3.8) is 0 Å². The Hall–Kier alpha value is -1.07. The molecule has 0 saturated heterocycles. The summed E-state index contributed by atoms with van der Waals surface area (Å²) in [6.07, 6.45) is 0. The molecule has 7 heteroatoms. The fourth-order valence-electron chi connectivity index (χ4n) is 0.928. The van der Waals surface area contributed by atoms with Crippen molar-refractivity contribution in [2.75, 3.05) is 0 Å². The number of ether oxygens (including phenoxy) is 1. The predicted molar refractivity (Wildman–Crippen MR) is 50.1 cm³/mol. The van der Waals surface area contributed by atoms with Crippen molar-refractivity contribution in [2.45, 2.75) is 6.61 Å². The van der Waals surface area contributed by atoms with Crippen LogP contribution in [0.4, 0.5) is 8.78 Å². The number of benzene rings is 1. The maximum Gasteiger partial charge on any atom is 0.387 e. The van der Waals surface area contributed by atoms with Gasteiger partial charge in [-0.2, -0.15) is 8.78 Å². The van der Waals surface area contributed by atoms with Crippen LogP contribution in [-0.4, -0.2) is 17.7 Å². The smallest absolute Gasteiger partial charge is 0.387 e. The molecule has 82 valence electrons. The monoisotopic (exact) mass is 256 g/mol. The van der Waals surface area contributed by atoms with E-state index in [2.05, 4.69) is 4.74 Å². The number of carbonyl (C=O) groups is 1. The summed E-state index contributed by atoms with van der Waals surface area (Å²) >= 11 is 11.0. The van der Waals surface area contributed by atoms with Crippen molar-refractivity contribution in [1.82, 2.24) is 0 Å². The third-order valence-electron chi connectivity index (χ3n) is 1.45. The van der Waals surface area contributed by atoms with E-state index in [1.807, 2.05) is 0 Å². The molecule has 0 saturated carbocycles. The Morgan fingerprint density at radius 3 is 2.47 bits per heavy atom. The van der Waals surface area contributed by atoms with E-state index in [0.29, 0.717) is 0 Å². The van der Waals surface area contributed by atoms with Crippen LogP contribution < -0.4 is 4.74 Å². The van der Waals surface area contributed by atoms with Crippen LogP contribution >= 0.6 is 23.2 Å². The molecule has 0 heterocycles. The van der Waals surface area contributed by atoms with E-state index >= 15 is 0 Å². The highest BCUT2D eigenvalue weighted by Crippen LogP contribution is 2.33. The van der Waals surface area contributed by atoms with Gasteiger partial charge in [0.15, 0.2) is 5.75 Å². The summed E-state index contributed by atoms with van der Waals surface area (Å²) in [5.74, 6) is -2.04. The van der Waals surface area contributed by atoms with E-state index in [-0.39, 0.29) is 10.0 Å². The zero-order valence-corrected chi connectivity index (χ0v) is 8.52. The second kappa shape index (κ2) is 4.63. The molecule has 0 unspecified atom stereocenters. The van der Waals surface area contributed by atoms with Crippen LogP contribution in [0.2, 0.25) is 10.0 Å². The normalized spacial score (nSPS) is 10.5. The van der Waals surface area contributed by atoms with Gasteiger partial charge in [0.05, 0.1) is 5.02 Å². The predicted octanol–water partition coefficient (Wildman–Crippen LogP) is 3.29. The Kier molecular flexibility index (Phi) is 3.71. The first-order valence-corrected chi connectivity index (χ1v) is 4.34. The molecular weight excluding hydrogens is 253 g/mol. The van der Waals surface area contributed by atoms with E-state index < -0.39 is 23.9 Å². The van der Waals surface area contributed by atoms with E-state index in [4.69, 9.17) is 28.3 Å². The average Bonchev–Trinajstić information content (AvgIpc) is 2.08. The van der Waals surface area contributed by atoms with Gasteiger partial charge in [0.2, 0.25) is 0 Å². The van der Waals surface area contributed by atoms with Gasteiger partial charge in [-0.25, -0.2) is 4.79 Å². The van der Waals surface area contributed by atoms with Crippen LogP contribution in [-0.2, 0) is 0 Å². The lowest BCUT2D eigenvalue weighted by molar-refractivity contribution is -0.0502. The maximum atomic E-state index is 11.9. The lowest BCUT2D eigenvalue weighted by Crippen LogP contribution is -2.08. The minimum atomic E-state index is -3.15. The summed E-state index contributed by atoms with van der Waals surface area (Å²) < 4.78 is 27.9. The summed E-state index contributed by atoms with van der Waals surface area (Å²) in [7, 11) is 0. The highest BCUT2D eigenvalue weighted by atomic mass is 35.5. The number of carboxylic acid groups (broad SMARTS) is 1. The third kappa shape index (κ3) is 2.94. The fourth-order valence-corrected chi connectivity index (χ4v) is 1.47. The topological polar surface area (TPSA) is 46.5 Å². The second-order valence-electron chi connectivity index (χ2n) is 2.45. The zero-order chi connectivity index (χ0) is 11.6. The Bertz CT molecular complexity index is 396. The van der Waals surface area contributed by atoms with Crippen LogP contribution in [0.25, 0.3) is 0 Å². The van der Waals surface area contributed by atoms with Crippen LogP contribution in [0.3, 0.4) is 0 Å². The van der Waals surface area contributed by atoms with Gasteiger partial charge in [0, 0.05) is 5.02 Å². The molecule has 0 spiro atoms. The first-order chi connectivity index (χ1) is 6.91. The zero-order valence-electron chi connectivity index (χ0n) is 7.01. The molecule has 15 heavy (non-hydrogen) atoms. The molecule has 0 atom stereocenters. The van der Waals surface area contributed by atoms with E-state index in [1.165, 1.54) is 0 Å². The molecule has 0 aromatic heterocycles. The van der Waals surface area contributed by atoms with Crippen LogP contribution in [0.1, 0.15) is 10.4 Å². The summed E-state index contributed by atoms with van der Waals surface area (Å²) in [6, 6.07) is 2.10. The number of hydrogen-bond donors (Lipinski definition) is 1.